The number of phenols is 1. The summed E-state index contributed by atoms with van der Waals surface area (Å²) in [6.45, 7) is 0. The zero-order valence-electron chi connectivity index (χ0n) is 13.1. The predicted molar refractivity (Wildman–Crippen MR) is 99.2 cm³/mol. The summed E-state index contributed by atoms with van der Waals surface area (Å²) in [6, 6.07) is 20.7. The molecule has 0 fully saturated rings. The summed E-state index contributed by atoms with van der Waals surface area (Å²) < 4.78 is 14.4. The monoisotopic (exact) mass is 349 g/mol. The third-order valence-corrected chi connectivity index (χ3v) is 4.33. The molecule has 4 heteroatoms. The molecule has 1 heterocycles. The van der Waals surface area contributed by atoms with Gasteiger partial charge in [0.05, 0.1) is 11.2 Å². The van der Waals surface area contributed by atoms with Gasteiger partial charge in [-0.25, -0.2) is 9.37 Å². The Morgan fingerprint density at radius 2 is 1.60 bits per heavy atom. The Kier molecular flexibility index (Phi) is 3.86. The maximum absolute atomic E-state index is 14.4. The average molecular weight is 350 g/mol. The van der Waals surface area contributed by atoms with Crippen LogP contribution >= 0.6 is 11.6 Å². The van der Waals surface area contributed by atoms with Crippen LogP contribution in [0, 0.1) is 5.82 Å². The van der Waals surface area contributed by atoms with Gasteiger partial charge in [0.25, 0.3) is 0 Å². The van der Waals surface area contributed by atoms with Gasteiger partial charge in [0.2, 0.25) is 0 Å². The largest absolute Gasteiger partial charge is 0.508 e. The van der Waals surface area contributed by atoms with Gasteiger partial charge in [0, 0.05) is 21.5 Å². The summed E-state index contributed by atoms with van der Waals surface area (Å²) in [4.78, 5) is 4.67. The van der Waals surface area contributed by atoms with Crippen LogP contribution in [0.3, 0.4) is 0 Å². The van der Waals surface area contributed by atoms with Gasteiger partial charge in [-0.05, 0) is 60.2 Å². The van der Waals surface area contributed by atoms with Crippen molar-refractivity contribution in [3.8, 4) is 28.1 Å². The number of pyridine rings is 1. The van der Waals surface area contributed by atoms with Crippen LogP contribution in [0.15, 0.2) is 72.8 Å². The highest BCUT2D eigenvalue weighted by Crippen LogP contribution is 2.34. The van der Waals surface area contributed by atoms with Crippen molar-refractivity contribution >= 4 is 22.5 Å². The first-order chi connectivity index (χ1) is 12.1. The Balaban J connectivity index is 2.03. The lowest BCUT2D eigenvalue weighted by molar-refractivity contribution is 0.475. The molecule has 0 saturated carbocycles. The number of nitrogens with zero attached hydrogens (tertiary/aromatic N) is 1. The van der Waals surface area contributed by atoms with Gasteiger partial charge < -0.3 is 5.11 Å². The van der Waals surface area contributed by atoms with Gasteiger partial charge in [0.1, 0.15) is 11.6 Å². The van der Waals surface area contributed by atoms with Crippen molar-refractivity contribution in [2.75, 3.05) is 0 Å². The van der Waals surface area contributed by atoms with Crippen molar-refractivity contribution in [3.05, 3.63) is 83.6 Å². The highest BCUT2D eigenvalue weighted by Gasteiger charge is 2.13. The lowest BCUT2D eigenvalue weighted by Gasteiger charge is -2.11. The first-order valence-electron chi connectivity index (χ1n) is 7.76. The second kappa shape index (κ2) is 6.19. The molecule has 25 heavy (non-hydrogen) atoms. The van der Waals surface area contributed by atoms with Crippen molar-refractivity contribution < 1.29 is 9.50 Å². The zero-order chi connectivity index (χ0) is 17.4. The zero-order valence-corrected chi connectivity index (χ0v) is 13.8. The maximum atomic E-state index is 14.4. The molecule has 0 bridgehead atoms. The molecule has 0 spiro atoms. The Morgan fingerprint density at radius 3 is 2.36 bits per heavy atom. The minimum atomic E-state index is -0.299. The molecule has 0 atom stereocenters. The van der Waals surface area contributed by atoms with Crippen molar-refractivity contribution in [3.63, 3.8) is 0 Å². The van der Waals surface area contributed by atoms with Gasteiger partial charge in [-0.3, -0.25) is 0 Å². The average Bonchev–Trinajstić information content (AvgIpc) is 2.62. The van der Waals surface area contributed by atoms with Crippen LogP contribution in [-0.2, 0) is 0 Å². The lowest BCUT2D eigenvalue weighted by atomic mass is 9.98. The normalized spacial score (nSPS) is 11.0. The molecule has 0 aliphatic heterocycles. The van der Waals surface area contributed by atoms with Crippen molar-refractivity contribution in [2.24, 2.45) is 0 Å². The van der Waals surface area contributed by atoms with Crippen LogP contribution < -0.4 is 0 Å². The Labute approximate surface area is 149 Å². The first kappa shape index (κ1) is 15.6. The van der Waals surface area contributed by atoms with Gasteiger partial charge in [-0.1, -0.05) is 29.8 Å². The molecule has 0 unspecified atom stereocenters. The fraction of sp³-hybridized carbons (Fsp3) is 0. The van der Waals surface area contributed by atoms with Gasteiger partial charge >= 0.3 is 0 Å². The third-order valence-electron chi connectivity index (χ3n) is 4.10. The molecule has 0 aliphatic rings. The second-order valence-corrected chi connectivity index (χ2v) is 6.18. The van der Waals surface area contributed by atoms with Gasteiger partial charge in [-0.15, -0.1) is 0 Å². The summed E-state index contributed by atoms with van der Waals surface area (Å²) in [6.07, 6.45) is 0. The predicted octanol–water partition coefficient (Wildman–Crippen LogP) is 6.07. The van der Waals surface area contributed by atoms with E-state index >= 15 is 0 Å². The summed E-state index contributed by atoms with van der Waals surface area (Å²) >= 11 is 6.14. The highest BCUT2D eigenvalue weighted by atomic mass is 35.5. The van der Waals surface area contributed by atoms with Gasteiger partial charge in [0.15, 0.2) is 0 Å². The van der Waals surface area contributed by atoms with E-state index in [0.717, 1.165) is 22.0 Å². The SMILES string of the molecule is Oc1ccc(-c2cc(-c3ccccc3F)c3cc(Cl)ccc3n2)cc1. The smallest absolute Gasteiger partial charge is 0.131 e. The molecule has 0 radical (unpaired) electrons. The fourth-order valence-corrected chi connectivity index (χ4v) is 3.05. The van der Waals surface area contributed by atoms with Crippen molar-refractivity contribution in [1.29, 1.82) is 0 Å². The summed E-state index contributed by atoms with van der Waals surface area (Å²) in [7, 11) is 0. The van der Waals surface area contributed by atoms with Crippen molar-refractivity contribution in [1.82, 2.24) is 4.98 Å². The Hall–Kier alpha value is -2.91. The van der Waals surface area contributed by atoms with Gasteiger partial charge in [-0.2, -0.15) is 0 Å². The Morgan fingerprint density at radius 1 is 0.840 bits per heavy atom. The number of aromatic nitrogens is 1. The molecule has 0 saturated heterocycles. The molecular formula is C21H13ClFNO. The molecule has 0 aliphatic carbocycles. The van der Waals surface area contributed by atoms with Crippen LogP contribution in [-0.4, -0.2) is 10.1 Å². The number of rotatable bonds is 2. The highest BCUT2D eigenvalue weighted by molar-refractivity contribution is 6.31. The van der Waals surface area contributed by atoms with E-state index in [4.69, 9.17) is 11.6 Å². The standard InChI is InChI=1S/C21H13ClFNO/c22-14-7-10-20-18(11-14)17(16-3-1-2-4-19(16)23)12-21(24-20)13-5-8-15(25)9-6-13/h1-12,25H. The van der Waals surface area contributed by atoms with E-state index in [1.807, 2.05) is 12.1 Å². The van der Waals surface area contributed by atoms with Crippen LogP contribution in [0.25, 0.3) is 33.3 Å². The van der Waals surface area contributed by atoms with E-state index in [1.54, 1.807) is 54.6 Å². The maximum Gasteiger partial charge on any atom is 0.131 e. The summed E-state index contributed by atoms with van der Waals surface area (Å²) in [5, 5.41) is 10.9. The molecule has 2 nitrogen and oxygen atoms in total. The minimum absolute atomic E-state index is 0.186. The van der Waals surface area contributed by atoms with E-state index < -0.39 is 0 Å². The van der Waals surface area contributed by atoms with Crippen LogP contribution in [0.4, 0.5) is 4.39 Å². The topological polar surface area (TPSA) is 33.1 Å². The second-order valence-electron chi connectivity index (χ2n) is 5.74. The van der Waals surface area contributed by atoms with Crippen LogP contribution in [0.1, 0.15) is 0 Å². The van der Waals surface area contributed by atoms with Crippen molar-refractivity contribution in [2.45, 2.75) is 0 Å². The molecule has 122 valence electrons. The summed E-state index contributed by atoms with van der Waals surface area (Å²) in [5.41, 5.74) is 3.50. The van der Waals surface area contributed by atoms with E-state index in [9.17, 15) is 9.50 Å². The number of benzene rings is 3. The molecule has 1 aromatic heterocycles. The number of halogens is 2. The van der Waals surface area contributed by atoms with E-state index in [0.29, 0.717) is 16.3 Å². The number of fused-ring (bicyclic) bond motifs is 1. The molecular weight excluding hydrogens is 337 g/mol. The van der Waals surface area contributed by atoms with E-state index in [2.05, 4.69) is 4.98 Å². The molecule has 4 rings (SSSR count). The van der Waals surface area contributed by atoms with E-state index in [-0.39, 0.29) is 11.6 Å². The minimum Gasteiger partial charge on any atom is -0.508 e. The first-order valence-corrected chi connectivity index (χ1v) is 8.14. The molecule has 4 aromatic rings. The Bertz CT molecular complexity index is 1080. The number of hydrogen-bond acceptors (Lipinski definition) is 2. The number of hydrogen-bond donors (Lipinski definition) is 1. The van der Waals surface area contributed by atoms with E-state index in [1.165, 1.54) is 6.07 Å². The number of phenolic OH excluding ortho intramolecular Hbond substituents is 1. The quantitative estimate of drug-likeness (QED) is 0.476. The number of aromatic hydroxyl groups is 1. The van der Waals surface area contributed by atoms with Crippen LogP contribution in [0.5, 0.6) is 5.75 Å². The third kappa shape index (κ3) is 2.94. The molecule has 0 amide bonds. The van der Waals surface area contributed by atoms with Crippen LogP contribution in [0.2, 0.25) is 5.02 Å². The molecule has 3 aromatic carbocycles. The lowest BCUT2D eigenvalue weighted by Crippen LogP contribution is -1.92. The fourth-order valence-electron chi connectivity index (χ4n) is 2.88. The summed E-state index contributed by atoms with van der Waals surface area (Å²) in [5.74, 6) is -0.114. The molecule has 1 N–H and O–H groups in total.